The summed E-state index contributed by atoms with van der Waals surface area (Å²) in [6.45, 7) is 5.68. The van der Waals surface area contributed by atoms with Crippen LogP contribution in [0.25, 0.3) is 11.0 Å². The molecule has 3 aromatic rings. The van der Waals surface area contributed by atoms with Crippen molar-refractivity contribution in [2.24, 2.45) is 10.7 Å². The first kappa shape index (κ1) is 27.6. The minimum absolute atomic E-state index is 0. The lowest BCUT2D eigenvalue weighted by Crippen LogP contribution is -2.59. The molecule has 3 heterocycles. The van der Waals surface area contributed by atoms with Crippen molar-refractivity contribution < 1.29 is 14.3 Å². The molecule has 0 aliphatic carbocycles. The molecule has 1 saturated heterocycles. The normalized spacial score (nSPS) is 21.0. The summed E-state index contributed by atoms with van der Waals surface area (Å²) in [6.07, 6.45) is 2.20. The summed E-state index contributed by atoms with van der Waals surface area (Å²) in [5.41, 5.74) is 5.82. The lowest BCUT2D eigenvalue weighted by Gasteiger charge is -2.28. The van der Waals surface area contributed by atoms with Crippen LogP contribution in [0.4, 0.5) is 5.69 Å². The number of rotatable bonds is 9. The van der Waals surface area contributed by atoms with E-state index in [9.17, 15) is 9.59 Å². The SMILES string of the molecule is Cl.NC(=O)C1(c2nc3ccccc3[nH]2)NC=NC1C(=O)Nc1ccc(OCCCN2CCNCC2)cc1Cl. The molecule has 0 saturated carbocycles. The van der Waals surface area contributed by atoms with Crippen LogP contribution in [0.3, 0.4) is 0 Å². The van der Waals surface area contributed by atoms with Crippen LogP contribution in [0.15, 0.2) is 47.5 Å². The summed E-state index contributed by atoms with van der Waals surface area (Å²) in [5.74, 6) is -0.543. The number of ether oxygens (including phenoxy) is 1. The Morgan fingerprint density at radius 3 is 2.74 bits per heavy atom. The van der Waals surface area contributed by atoms with Gasteiger partial charge in [-0.05, 0) is 30.7 Å². The molecule has 13 heteroatoms. The average Bonchev–Trinajstić information content (AvgIpc) is 3.54. The van der Waals surface area contributed by atoms with Gasteiger partial charge in [0.2, 0.25) is 5.54 Å². The number of nitrogens with one attached hydrogen (secondary N) is 4. The van der Waals surface area contributed by atoms with Crippen LogP contribution in [0, 0.1) is 0 Å². The summed E-state index contributed by atoms with van der Waals surface area (Å²) in [6, 6.07) is 11.1. The summed E-state index contributed by atoms with van der Waals surface area (Å²) in [7, 11) is 0. The Labute approximate surface area is 231 Å². The fraction of sp³-hybridized carbons (Fsp3) is 0.360. The third-order valence-corrected chi connectivity index (χ3v) is 6.93. The second-order valence-corrected chi connectivity index (χ2v) is 9.43. The van der Waals surface area contributed by atoms with Crippen molar-refractivity contribution >= 4 is 58.9 Å². The van der Waals surface area contributed by atoms with E-state index in [1.807, 2.05) is 18.2 Å². The number of aliphatic imine (C=N–C) groups is 1. The molecule has 2 aromatic carbocycles. The van der Waals surface area contributed by atoms with E-state index >= 15 is 0 Å². The molecule has 2 aliphatic rings. The first-order valence-corrected chi connectivity index (χ1v) is 12.6. The first-order valence-electron chi connectivity index (χ1n) is 12.2. The fourth-order valence-electron chi connectivity index (χ4n) is 4.63. The number of nitrogens with two attached hydrogens (primary N) is 1. The standard InChI is InChI=1S/C25H29ClN8O3.ClH/c26-17-14-16(37-13-3-10-34-11-8-28-9-12-34)6-7-18(17)31-22(35)21-25(23(27)36,30-15-29-21)24-32-19-4-1-2-5-20(19)33-24;/h1-2,4-7,14-15,21,28H,3,8-13H2,(H2,27,36)(H,29,30)(H,31,35)(H,32,33);1H. The number of fused-ring (bicyclic) bond motifs is 1. The number of benzene rings is 2. The zero-order valence-corrected chi connectivity index (χ0v) is 22.1. The van der Waals surface area contributed by atoms with E-state index in [0.717, 1.165) is 39.1 Å². The second kappa shape index (κ2) is 12.0. The average molecular weight is 561 g/mol. The molecule has 5 rings (SSSR count). The Bertz CT molecular complexity index is 1290. The molecule has 1 fully saturated rings. The number of piperazine rings is 1. The van der Waals surface area contributed by atoms with Crippen LogP contribution in [0.5, 0.6) is 5.75 Å². The van der Waals surface area contributed by atoms with Gasteiger partial charge in [-0.2, -0.15) is 0 Å². The summed E-state index contributed by atoms with van der Waals surface area (Å²) in [5, 5.41) is 9.26. The second-order valence-electron chi connectivity index (χ2n) is 9.02. The summed E-state index contributed by atoms with van der Waals surface area (Å²) < 4.78 is 5.84. The zero-order chi connectivity index (χ0) is 25.8. The molecular weight excluding hydrogens is 531 g/mol. The molecule has 2 amide bonds. The predicted octanol–water partition coefficient (Wildman–Crippen LogP) is 1.63. The number of carbonyl (C=O) groups excluding carboxylic acids is 2. The number of nitrogens with zero attached hydrogens (tertiary/aromatic N) is 3. The van der Waals surface area contributed by atoms with Crippen LogP contribution in [-0.4, -0.2) is 78.4 Å². The van der Waals surface area contributed by atoms with Crippen molar-refractivity contribution in [3.05, 3.63) is 53.3 Å². The first-order chi connectivity index (χ1) is 18.0. The largest absolute Gasteiger partial charge is 0.493 e. The van der Waals surface area contributed by atoms with E-state index in [2.05, 4.69) is 35.8 Å². The Morgan fingerprint density at radius 2 is 2.00 bits per heavy atom. The minimum atomic E-state index is -1.68. The molecule has 2 unspecified atom stereocenters. The zero-order valence-electron chi connectivity index (χ0n) is 20.6. The van der Waals surface area contributed by atoms with Crippen LogP contribution < -0.4 is 26.4 Å². The highest BCUT2D eigenvalue weighted by atomic mass is 35.5. The maximum atomic E-state index is 13.3. The number of aromatic nitrogens is 2. The number of hydrogen-bond acceptors (Lipinski definition) is 8. The van der Waals surface area contributed by atoms with E-state index in [1.165, 1.54) is 6.34 Å². The van der Waals surface area contributed by atoms with Gasteiger partial charge in [-0.1, -0.05) is 23.7 Å². The van der Waals surface area contributed by atoms with Crippen molar-refractivity contribution in [2.45, 2.75) is 18.0 Å². The molecule has 1 aromatic heterocycles. The molecule has 0 spiro atoms. The van der Waals surface area contributed by atoms with Gasteiger partial charge in [0.1, 0.15) is 11.6 Å². The monoisotopic (exact) mass is 560 g/mol. The van der Waals surface area contributed by atoms with Gasteiger partial charge in [0.05, 0.1) is 34.7 Å². The number of H-pyrrole nitrogens is 1. The third kappa shape index (κ3) is 5.56. The Balaban J connectivity index is 0.00000336. The van der Waals surface area contributed by atoms with E-state index in [-0.39, 0.29) is 18.2 Å². The van der Waals surface area contributed by atoms with E-state index in [0.29, 0.717) is 34.1 Å². The Kier molecular flexibility index (Phi) is 8.72. The van der Waals surface area contributed by atoms with Gasteiger partial charge in [-0.25, -0.2) is 4.98 Å². The predicted molar refractivity (Wildman–Crippen MR) is 149 cm³/mol. The number of primary amides is 1. The number of halogens is 2. The number of para-hydroxylation sites is 2. The topological polar surface area (TPSA) is 150 Å². The van der Waals surface area contributed by atoms with Crippen LogP contribution in [0.1, 0.15) is 12.2 Å². The molecule has 2 atom stereocenters. The molecule has 0 radical (unpaired) electrons. The van der Waals surface area contributed by atoms with Gasteiger partial charge >= 0.3 is 0 Å². The maximum absolute atomic E-state index is 13.3. The molecular formula is C25H30Cl2N8O3. The van der Waals surface area contributed by atoms with E-state index in [4.69, 9.17) is 22.1 Å². The van der Waals surface area contributed by atoms with Crippen molar-refractivity contribution in [3.8, 4) is 5.75 Å². The molecule has 6 N–H and O–H groups in total. The quantitative estimate of drug-likeness (QED) is 0.249. The Hall–Kier alpha value is -3.38. The molecule has 38 heavy (non-hydrogen) atoms. The summed E-state index contributed by atoms with van der Waals surface area (Å²) >= 11 is 6.44. The van der Waals surface area contributed by atoms with Crippen LogP contribution in [-0.2, 0) is 15.1 Å². The van der Waals surface area contributed by atoms with Crippen LogP contribution >= 0.6 is 24.0 Å². The molecule has 0 bridgehead atoms. The summed E-state index contributed by atoms with van der Waals surface area (Å²) in [4.78, 5) is 40.2. The molecule has 2 aliphatic heterocycles. The van der Waals surface area contributed by atoms with Crippen LogP contribution in [0.2, 0.25) is 5.02 Å². The Morgan fingerprint density at radius 1 is 1.21 bits per heavy atom. The van der Waals surface area contributed by atoms with Gasteiger partial charge in [-0.15, -0.1) is 12.4 Å². The lowest BCUT2D eigenvalue weighted by atomic mass is 9.89. The van der Waals surface area contributed by atoms with Crippen molar-refractivity contribution in [1.82, 2.24) is 25.5 Å². The van der Waals surface area contributed by atoms with Crippen molar-refractivity contribution in [1.29, 1.82) is 0 Å². The van der Waals surface area contributed by atoms with Gasteiger partial charge in [0.15, 0.2) is 6.04 Å². The number of anilines is 1. The maximum Gasteiger partial charge on any atom is 0.253 e. The number of hydrogen-bond donors (Lipinski definition) is 5. The lowest BCUT2D eigenvalue weighted by molar-refractivity contribution is -0.129. The highest BCUT2D eigenvalue weighted by molar-refractivity contribution is 6.34. The van der Waals surface area contributed by atoms with Gasteiger partial charge in [0, 0.05) is 38.8 Å². The molecule has 11 nitrogen and oxygen atoms in total. The molecule has 202 valence electrons. The number of aromatic amines is 1. The number of imidazole rings is 1. The van der Waals surface area contributed by atoms with Gasteiger partial charge in [0.25, 0.3) is 11.8 Å². The van der Waals surface area contributed by atoms with Crippen molar-refractivity contribution in [3.63, 3.8) is 0 Å². The highest BCUT2D eigenvalue weighted by Crippen LogP contribution is 2.32. The van der Waals surface area contributed by atoms with E-state index in [1.54, 1.807) is 24.3 Å². The number of amides is 2. The minimum Gasteiger partial charge on any atom is -0.493 e. The number of carbonyl (C=O) groups is 2. The van der Waals surface area contributed by atoms with Crippen molar-refractivity contribution in [2.75, 3.05) is 44.6 Å². The van der Waals surface area contributed by atoms with Gasteiger partial charge < -0.3 is 36.3 Å². The van der Waals surface area contributed by atoms with E-state index < -0.39 is 23.4 Å². The highest BCUT2D eigenvalue weighted by Gasteiger charge is 2.54. The van der Waals surface area contributed by atoms with Gasteiger partial charge in [-0.3, -0.25) is 14.6 Å². The third-order valence-electron chi connectivity index (χ3n) is 6.62. The smallest absolute Gasteiger partial charge is 0.253 e. The fourth-order valence-corrected chi connectivity index (χ4v) is 4.85.